The maximum atomic E-state index is 13.7. The molecule has 0 bridgehead atoms. The molecule has 2 aliphatic rings. The highest BCUT2D eigenvalue weighted by molar-refractivity contribution is 6.09. The molecule has 0 saturated heterocycles. The quantitative estimate of drug-likeness (QED) is 0.364. The molecule has 194 valence electrons. The number of allylic oxidation sites excluding steroid dienone is 2. The van der Waals surface area contributed by atoms with Crippen molar-refractivity contribution >= 4 is 23.4 Å². The molecule has 1 unspecified atom stereocenters. The predicted octanol–water partition coefficient (Wildman–Crippen LogP) is 5.54. The molecule has 0 saturated carbocycles. The van der Waals surface area contributed by atoms with E-state index in [-0.39, 0.29) is 23.8 Å². The topological polar surface area (TPSA) is 91.3 Å². The summed E-state index contributed by atoms with van der Waals surface area (Å²) < 4.78 is 16.2. The predicted molar refractivity (Wildman–Crippen MR) is 140 cm³/mol. The smallest absolute Gasteiger partial charge is 0.315 e. The highest BCUT2D eigenvalue weighted by Crippen LogP contribution is 2.47. The van der Waals surface area contributed by atoms with Gasteiger partial charge in [-0.05, 0) is 68.0 Å². The van der Waals surface area contributed by atoms with Crippen LogP contribution in [0.5, 0.6) is 11.5 Å². The number of benzene rings is 2. The standard InChI is InChI=1S/C30H33NO6/c1-6-17(2)36-30(34)27-18(3)31-25-15-22(20-7-11-23(35-5)12-8-20)16-26(33)29(25)28(27)21-9-13-24(14-10-21)37-19(4)32/h7-14,17,22,27-28H,6,15-16H2,1-5H3/t17-,22+,27?,28+/m0/s1. The minimum atomic E-state index is -0.714. The van der Waals surface area contributed by atoms with Crippen molar-refractivity contribution in [2.75, 3.05) is 7.11 Å². The van der Waals surface area contributed by atoms with Gasteiger partial charge in [-0.15, -0.1) is 0 Å². The molecule has 1 aliphatic carbocycles. The molecular formula is C30H33NO6. The molecule has 0 fully saturated rings. The van der Waals surface area contributed by atoms with Crippen molar-refractivity contribution in [2.24, 2.45) is 10.9 Å². The summed E-state index contributed by atoms with van der Waals surface area (Å²) in [6.45, 7) is 6.97. The molecular weight excluding hydrogens is 470 g/mol. The largest absolute Gasteiger partial charge is 0.497 e. The van der Waals surface area contributed by atoms with E-state index >= 15 is 0 Å². The summed E-state index contributed by atoms with van der Waals surface area (Å²) in [4.78, 5) is 43.3. The van der Waals surface area contributed by atoms with E-state index in [0.29, 0.717) is 36.3 Å². The van der Waals surface area contributed by atoms with Gasteiger partial charge in [0.1, 0.15) is 17.4 Å². The van der Waals surface area contributed by atoms with Crippen LogP contribution in [-0.2, 0) is 19.1 Å². The number of ether oxygens (including phenoxy) is 3. The van der Waals surface area contributed by atoms with Gasteiger partial charge in [-0.3, -0.25) is 19.4 Å². The van der Waals surface area contributed by atoms with Gasteiger partial charge in [0.15, 0.2) is 5.78 Å². The van der Waals surface area contributed by atoms with Gasteiger partial charge in [-0.2, -0.15) is 0 Å². The van der Waals surface area contributed by atoms with Gasteiger partial charge < -0.3 is 14.2 Å². The lowest BCUT2D eigenvalue weighted by molar-refractivity contribution is -0.151. The number of hydrogen-bond acceptors (Lipinski definition) is 7. The molecule has 4 atom stereocenters. The Balaban J connectivity index is 1.74. The highest BCUT2D eigenvalue weighted by Gasteiger charge is 2.45. The molecule has 1 heterocycles. The Morgan fingerprint density at radius 2 is 1.62 bits per heavy atom. The normalized spacial score (nSPS) is 22.0. The number of Topliss-reactive ketones (excluding diaryl/α,β-unsaturated/α-hetero) is 1. The van der Waals surface area contributed by atoms with Crippen LogP contribution in [0, 0.1) is 5.92 Å². The zero-order valence-electron chi connectivity index (χ0n) is 21.9. The Morgan fingerprint density at radius 3 is 2.22 bits per heavy atom. The third kappa shape index (κ3) is 5.66. The molecule has 0 amide bonds. The highest BCUT2D eigenvalue weighted by atomic mass is 16.5. The summed E-state index contributed by atoms with van der Waals surface area (Å²) in [5, 5.41) is 0. The van der Waals surface area contributed by atoms with E-state index in [2.05, 4.69) is 0 Å². The number of nitrogens with zero attached hydrogens (tertiary/aromatic N) is 1. The first kappa shape index (κ1) is 26.3. The van der Waals surface area contributed by atoms with Crippen molar-refractivity contribution < 1.29 is 28.6 Å². The van der Waals surface area contributed by atoms with Crippen LogP contribution in [-0.4, -0.2) is 36.6 Å². The van der Waals surface area contributed by atoms with Crippen LogP contribution in [0.25, 0.3) is 0 Å². The minimum Gasteiger partial charge on any atom is -0.497 e. The van der Waals surface area contributed by atoms with Crippen LogP contribution in [0.15, 0.2) is 64.8 Å². The first-order chi connectivity index (χ1) is 17.7. The maximum Gasteiger partial charge on any atom is 0.315 e. The first-order valence-corrected chi connectivity index (χ1v) is 12.7. The summed E-state index contributed by atoms with van der Waals surface area (Å²) in [7, 11) is 1.62. The number of rotatable bonds is 7. The summed E-state index contributed by atoms with van der Waals surface area (Å²) in [6.07, 6.45) is 1.37. The van der Waals surface area contributed by atoms with Gasteiger partial charge in [0, 0.05) is 36.2 Å². The summed E-state index contributed by atoms with van der Waals surface area (Å²) in [5.41, 5.74) is 3.75. The fraction of sp³-hybridized carbons (Fsp3) is 0.400. The molecule has 2 aromatic rings. The van der Waals surface area contributed by atoms with E-state index in [0.717, 1.165) is 22.6 Å². The fourth-order valence-corrected chi connectivity index (χ4v) is 5.10. The Hall–Kier alpha value is -3.74. The average Bonchev–Trinajstić information content (AvgIpc) is 2.87. The Bertz CT molecular complexity index is 1240. The van der Waals surface area contributed by atoms with Crippen molar-refractivity contribution in [3.05, 3.63) is 70.9 Å². The second-order valence-electron chi connectivity index (χ2n) is 9.69. The zero-order valence-corrected chi connectivity index (χ0v) is 21.9. The van der Waals surface area contributed by atoms with Gasteiger partial charge in [0.05, 0.1) is 13.2 Å². The average molecular weight is 504 g/mol. The third-order valence-corrected chi connectivity index (χ3v) is 7.12. The van der Waals surface area contributed by atoms with Gasteiger partial charge in [-0.1, -0.05) is 31.2 Å². The number of carbonyl (C=O) groups excluding carboxylic acids is 3. The van der Waals surface area contributed by atoms with E-state index in [1.807, 2.05) is 45.0 Å². The van der Waals surface area contributed by atoms with E-state index < -0.39 is 17.8 Å². The summed E-state index contributed by atoms with van der Waals surface area (Å²) in [6, 6.07) is 14.7. The molecule has 4 rings (SSSR count). The molecule has 2 aromatic carbocycles. The van der Waals surface area contributed by atoms with Crippen LogP contribution in [0.2, 0.25) is 0 Å². The van der Waals surface area contributed by atoms with Crippen molar-refractivity contribution in [3.63, 3.8) is 0 Å². The van der Waals surface area contributed by atoms with Gasteiger partial charge in [-0.25, -0.2) is 0 Å². The number of esters is 2. The first-order valence-electron chi connectivity index (χ1n) is 12.7. The van der Waals surface area contributed by atoms with E-state index in [1.165, 1.54) is 6.92 Å². The van der Waals surface area contributed by atoms with Crippen LogP contribution in [0.1, 0.15) is 69.9 Å². The number of aliphatic imine (C=N–C) groups is 1. The Morgan fingerprint density at radius 1 is 1.00 bits per heavy atom. The van der Waals surface area contributed by atoms with Crippen molar-refractivity contribution in [1.82, 2.24) is 0 Å². The molecule has 0 spiro atoms. The molecule has 7 heteroatoms. The van der Waals surface area contributed by atoms with Gasteiger partial charge in [0.25, 0.3) is 0 Å². The summed E-state index contributed by atoms with van der Waals surface area (Å²) in [5.74, 6) is -0.912. The van der Waals surface area contributed by atoms with Crippen LogP contribution in [0.3, 0.4) is 0 Å². The molecule has 0 N–H and O–H groups in total. The number of hydrogen-bond donors (Lipinski definition) is 0. The number of ketones is 1. The number of methoxy groups -OCH3 is 1. The Labute approximate surface area is 217 Å². The molecule has 37 heavy (non-hydrogen) atoms. The molecule has 0 aromatic heterocycles. The van der Waals surface area contributed by atoms with E-state index in [1.54, 1.807) is 31.4 Å². The number of carbonyl (C=O) groups is 3. The lowest BCUT2D eigenvalue weighted by Gasteiger charge is -2.37. The SMILES string of the molecule is CC[C@H](C)OC(=O)C1C(C)=NC2=C(C(=O)C[C@H](c3ccc(OC)cc3)C2)[C@@H]1c1ccc(OC(C)=O)cc1. The Kier molecular flexibility index (Phi) is 7.91. The second-order valence-corrected chi connectivity index (χ2v) is 9.69. The minimum absolute atomic E-state index is 0.00989. The van der Waals surface area contributed by atoms with Crippen molar-refractivity contribution in [2.45, 2.75) is 64.9 Å². The monoisotopic (exact) mass is 503 g/mol. The maximum absolute atomic E-state index is 13.7. The van der Waals surface area contributed by atoms with Crippen molar-refractivity contribution in [3.8, 4) is 11.5 Å². The van der Waals surface area contributed by atoms with Gasteiger partial charge in [0.2, 0.25) is 0 Å². The second kappa shape index (κ2) is 11.1. The van der Waals surface area contributed by atoms with Crippen molar-refractivity contribution in [1.29, 1.82) is 0 Å². The molecule has 0 radical (unpaired) electrons. The van der Waals surface area contributed by atoms with E-state index in [9.17, 15) is 14.4 Å². The lowest BCUT2D eigenvalue weighted by Crippen LogP contribution is -2.39. The van der Waals surface area contributed by atoms with Crippen LogP contribution in [0.4, 0.5) is 0 Å². The zero-order chi connectivity index (χ0) is 26.7. The summed E-state index contributed by atoms with van der Waals surface area (Å²) >= 11 is 0. The molecule has 7 nitrogen and oxygen atoms in total. The van der Waals surface area contributed by atoms with E-state index in [4.69, 9.17) is 19.2 Å². The fourth-order valence-electron chi connectivity index (χ4n) is 5.10. The molecule has 1 aliphatic heterocycles. The van der Waals surface area contributed by atoms with Crippen LogP contribution < -0.4 is 9.47 Å². The third-order valence-electron chi connectivity index (χ3n) is 7.12. The van der Waals surface area contributed by atoms with Gasteiger partial charge >= 0.3 is 11.9 Å². The lowest BCUT2D eigenvalue weighted by atomic mass is 9.69. The van der Waals surface area contributed by atoms with Crippen LogP contribution >= 0.6 is 0 Å².